The first-order chi connectivity index (χ1) is 11.4. The molecule has 1 aromatic carbocycles. The van der Waals surface area contributed by atoms with E-state index in [1.54, 1.807) is 23.7 Å². The highest BCUT2D eigenvalue weighted by atomic mass is 35.5. The molecule has 3 nitrogen and oxygen atoms in total. The molecule has 0 bridgehead atoms. The second-order valence-electron chi connectivity index (χ2n) is 6.59. The van der Waals surface area contributed by atoms with E-state index in [1.807, 2.05) is 24.3 Å². The van der Waals surface area contributed by atoms with Gasteiger partial charge in [-0.3, -0.25) is 9.98 Å². The number of hydrogen-bond acceptors (Lipinski definition) is 3. The average Bonchev–Trinajstić information content (AvgIpc) is 2.99. The van der Waals surface area contributed by atoms with Gasteiger partial charge in [-0.1, -0.05) is 23.7 Å². The lowest BCUT2D eigenvalue weighted by Gasteiger charge is -2.24. The van der Waals surface area contributed by atoms with E-state index in [9.17, 15) is 0 Å². The van der Waals surface area contributed by atoms with Crippen molar-refractivity contribution in [2.45, 2.75) is 32.9 Å². The van der Waals surface area contributed by atoms with Crippen molar-refractivity contribution in [3.8, 4) is 11.3 Å². The van der Waals surface area contributed by atoms with E-state index in [1.165, 1.54) is 0 Å². The van der Waals surface area contributed by atoms with Gasteiger partial charge in [-0.05, 0) is 56.2 Å². The van der Waals surface area contributed by atoms with Crippen LogP contribution in [0.1, 0.15) is 26.3 Å². The summed E-state index contributed by atoms with van der Waals surface area (Å²) in [6.07, 6.45) is 3.60. The standard InChI is InChI=1S/C19H20ClN3S/c1-19(2,3)23-17(15-4-6-16(20)7-5-15)13-24-18(23)22-12-14-8-10-21-11-9-14/h4-11,13H,12H2,1-3H3. The van der Waals surface area contributed by atoms with Gasteiger partial charge >= 0.3 is 0 Å². The van der Waals surface area contributed by atoms with Crippen LogP contribution in [0.5, 0.6) is 0 Å². The van der Waals surface area contributed by atoms with Crippen LogP contribution in [0.4, 0.5) is 0 Å². The van der Waals surface area contributed by atoms with Crippen LogP contribution in [0.25, 0.3) is 11.3 Å². The second-order valence-corrected chi connectivity index (χ2v) is 7.86. The lowest BCUT2D eigenvalue weighted by molar-refractivity contribution is 0.391. The number of hydrogen-bond donors (Lipinski definition) is 0. The summed E-state index contributed by atoms with van der Waals surface area (Å²) in [6.45, 7) is 7.25. The summed E-state index contributed by atoms with van der Waals surface area (Å²) in [7, 11) is 0. The first kappa shape index (κ1) is 16.9. The highest BCUT2D eigenvalue weighted by Gasteiger charge is 2.19. The molecule has 2 aromatic heterocycles. The second kappa shape index (κ2) is 6.91. The summed E-state index contributed by atoms with van der Waals surface area (Å²) in [5.74, 6) is 0. The molecule has 24 heavy (non-hydrogen) atoms. The Bertz CT molecular complexity index is 871. The normalized spacial score (nSPS) is 12.6. The Morgan fingerprint density at radius 2 is 1.75 bits per heavy atom. The summed E-state index contributed by atoms with van der Waals surface area (Å²) in [4.78, 5) is 9.91. The van der Waals surface area contributed by atoms with Crippen LogP contribution in [-0.4, -0.2) is 9.55 Å². The van der Waals surface area contributed by atoms with Gasteiger partial charge in [0.25, 0.3) is 0 Å². The predicted octanol–water partition coefficient (Wildman–Crippen LogP) is 5.12. The van der Waals surface area contributed by atoms with Gasteiger partial charge in [0.1, 0.15) is 0 Å². The van der Waals surface area contributed by atoms with Crippen LogP contribution < -0.4 is 4.80 Å². The fraction of sp³-hybridized carbons (Fsp3) is 0.263. The fourth-order valence-corrected chi connectivity index (χ4v) is 3.74. The fourth-order valence-electron chi connectivity index (χ4n) is 2.54. The quantitative estimate of drug-likeness (QED) is 0.639. The van der Waals surface area contributed by atoms with Crippen molar-refractivity contribution in [3.63, 3.8) is 0 Å². The summed E-state index contributed by atoms with van der Waals surface area (Å²) >= 11 is 7.69. The van der Waals surface area contributed by atoms with Crippen molar-refractivity contribution in [2.24, 2.45) is 4.99 Å². The third-order valence-electron chi connectivity index (χ3n) is 3.67. The zero-order chi connectivity index (χ0) is 17.2. The Morgan fingerprint density at radius 3 is 2.38 bits per heavy atom. The number of nitrogens with zero attached hydrogens (tertiary/aromatic N) is 3. The minimum Gasteiger partial charge on any atom is -0.311 e. The highest BCUT2D eigenvalue weighted by molar-refractivity contribution is 7.07. The topological polar surface area (TPSA) is 30.2 Å². The van der Waals surface area contributed by atoms with E-state index in [2.05, 4.69) is 47.8 Å². The number of benzene rings is 1. The van der Waals surface area contributed by atoms with Crippen LogP contribution in [0.15, 0.2) is 59.2 Å². The summed E-state index contributed by atoms with van der Waals surface area (Å²) in [5.41, 5.74) is 3.41. The molecule has 0 aliphatic carbocycles. The molecule has 0 saturated carbocycles. The van der Waals surface area contributed by atoms with Crippen LogP contribution in [0, 0.1) is 0 Å². The molecule has 0 atom stereocenters. The average molecular weight is 358 g/mol. The van der Waals surface area contributed by atoms with E-state index in [0.717, 1.165) is 26.6 Å². The first-order valence-corrected chi connectivity index (χ1v) is 9.07. The molecule has 0 fully saturated rings. The Morgan fingerprint density at radius 1 is 1.08 bits per heavy atom. The van der Waals surface area contributed by atoms with E-state index < -0.39 is 0 Å². The predicted molar refractivity (Wildman–Crippen MR) is 101 cm³/mol. The summed E-state index contributed by atoms with van der Waals surface area (Å²) < 4.78 is 2.29. The largest absolute Gasteiger partial charge is 0.311 e. The third-order valence-corrected chi connectivity index (χ3v) is 4.78. The molecule has 0 spiro atoms. The molecule has 3 rings (SSSR count). The van der Waals surface area contributed by atoms with Crippen LogP contribution in [-0.2, 0) is 12.1 Å². The van der Waals surface area contributed by atoms with E-state index in [4.69, 9.17) is 16.6 Å². The molecule has 0 amide bonds. The Hall–Kier alpha value is -1.91. The van der Waals surface area contributed by atoms with Crippen molar-refractivity contribution in [1.82, 2.24) is 9.55 Å². The molecule has 124 valence electrons. The van der Waals surface area contributed by atoms with Gasteiger partial charge in [-0.15, -0.1) is 11.3 Å². The van der Waals surface area contributed by atoms with Gasteiger partial charge in [-0.25, -0.2) is 0 Å². The van der Waals surface area contributed by atoms with Crippen molar-refractivity contribution in [3.05, 3.63) is 69.6 Å². The highest BCUT2D eigenvalue weighted by Crippen LogP contribution is 2.27. The Labute approximate surface area is 151 Å². The maximum absolute atomic E-state index is 6.02. The number of aromatic nitrogens is 2. The van der Waals surface area contributed by atoms with Crippen molar-refractivity contribution >= 4 is 22.9 Å². The van der Waals surface area contributed by atoms with E-state index in [0.29, 0.717) is 6.54 Å². The molecule has 0 unspecified atom stereocenters. The van der Waals surface area contributed by atoms with E-state index in [-0.39, 0.29) is 5.54 Å². The minimum atomic E-state index is -0.0634. The van der Waals surface area contributed by atoms with Crippen molar-refractivity contribution in [2.75, 3.05) is 0 Å². The van der Waals surface area contributed by atoms with E-state index >= 15 is 0 Å². The number of rotatable bonds is 3. The van der Waals surface area contributed by atoms with Gasteiger partial charge < -0.3 is 4.57 Å². The molecule has 0 N–H and O–H groups in total. The molecular formula is C19H20ClN3S. The Kier molecular flexibility index (Phi) is 4.88. The smallest absolute Gasteiger partial charge is 0.186 e. The molecule has 0 radical (unpaired) electrons. The van der Waals surface area contributed by atoms with Crippen molar-refractivity contribution in [1.29, 1.82) is 0 Å². The SMILES string of the molecule is CC(C)(C)n1c(-c2ccc(Cl)cc2)csc1=NCc1ccncc1. The van der Waals surface area contributed by atoms with Crippen LogP contribution in [0.2, 0.25) is 5.02 Å². The number of pyridine rings is 1. The zero-order valence-electron chi connectivity index (χ0n) is 14.0. The van der Waals surface area contributed by atoms with Crippen LogP contribution >= 0.6 is 22.9 Å². The first-order valence-electron chi connectivity index (χ1n) is 7.81. The lowest BCUT2D eigenvalue weighted by atomic mass is 10.1. The van der Waals surface area contributed by atoms with Gasteiger partial charge in [0.2, 0.25) is 0 Å². The molecule has 0 saturated heterocycles. The summed E-state index contributed by atoms with van der Waals surface area (Å²) in [5, 5.41) is 2.92. The number of thiazole rings is 1. The molecular weight excluding hydrogens is 338 g/mol. The maximum Gasteiger partial charge on any atom is 0.186 e. The lowest BCUT2D eigenvalue weighted by Crippen LogP contribution is -2.31. The molecule has 0 aliphatic heterocycles. The van der Waals surface area contributed by atoms with Gasteiger partial charge in [-0.2, -0.15) is 0 Å². The Balaban J connectivity index is 2.06. The van der Waals surface area contributed by atoms with Gasteiger partial charge in [0.05, 0.1) is 12.2 Å². The molecule has 5 heteroatoms. The maximum atomic E-state index is 6.02. The molecule has 2 heterocycles. The molecule has 0 aliphatic rings. The van der Waals surface area contributed by atoms with Crippen LogP contribution in [0.3, 0.4) is 0 Å². The summed E-state index contributed by atoms with van der Waals surface area (Å²) in [6, 6.07) is 12.0. The van der Waals surface area contributed by atoms with Gasteiger partial charge in [0, 0.05) is 28.3 Å². The zero-order valence-corrected chi connectivity index (χ0v) is 15.6. The van der Waals surface area contributed by atoms with Crippen molar-refractivity contribution < 1.29 is 0 Å². The third kappa shape index (κ3) is 3.77. The molecule has 3 aromatic rings. The number of halogens is 1. The minimum absolute atomic E-state index is 0.0634. The van der Waals surface area contributed by atoms with Gasteiger partial charge in [0.15, 0.2) is 4.80 Å². The monoisotopic (exact) mass is 357 g/mol.